The Balaban J connectivity index is 1.85. The highest BCUT2D eigenvalue weighted by molar-refractivity contribution is 5.41. The fourth-order valence-electron chi connectivity index (χ4n) is 2.31. The van der Waals surface area contributed by atoms with Gasteiger partial charge in [0, 0.05) is 0 Å². The Morgan fingerprint density at radius 3 is 2.14 bits per heavy atom. The highest BCUT2D eigenvalue weighted by Crippen LogP contribution is 2.08. The fraction of sp³-hybridized carbons (Fsp3) is 0.524. The van der Waals surface area contributed by atoms with E-state index in [0.29, 0.717) is 0 Å². The van der Waals surface area contributed by atoms with Crippen molar-refractivity contribution in [3.8, 4) is 0 Å². The molecule has 0 aliphatic rings. The summed E-state index contributed by atoms with van der Waals surface area (Å²) in [7, 11) is 0. The van der Waals surface area contributed by atoms with Crippen molar-refractivity contribution in [3.63, 3.8) is 0 Å². The molecule has 1 heteroatoms. The van der Waals surface area contributed by atoms with Crippen LogP contribution in [0.25, 0.3) is 6.08 Å². The second kappa shape index (κ2) is 14.4. The Labute approximate surface area is 136 Å². The van der Waals surface area contributed by atoms with Crippen LogP contribution in [-0.4, -0.2) is 0 Å². The van der Waals surface area contributed by atoms with Gasteiger partial charge in [0.25, 0.3) is 0 Å². The topological polar surface area (TPSA) is 13.1 Å². The Kier molecular flexibility index (Phi) is 12.2. The lowest BCUT2D eigenvalue weighted by Crippen LogP contribution is -1.75. The standard InChI is InChI=1S/C21H32O/c1-2-3-4-5-6-7-8-9-10-11-12-13-14-15-16-18-21-19-17-20-22-21/h6-7,9-10,16-20H,2-5,8,11-15H2,1H3. The van der Waals surface area contributed by atoms with E-state index in [0.717, 1.165) is 18.6 Å². The van der Waals surface area contributed by atoms with Gasteiger partial charge >= 0.3 is 0 Å². The molecule has 1 aromatic rings. The first kappa shape index (κ1) is 18.5. The highest BCUT2D eigenvalue weighted by Gasteiger charge is 1.88. The fourth-order valence-corrected chi connectivity index (χ4v) is 2.31. The van der Waals surface area contributed by atoms with E-state index in [4.69, 9.17) is 4.42 Å². The molecule has 122 valence electrons. The van der Waals surface area contributed by atoms with E-state index in [1.54, 1.807) is 6.26 Å². The molecule has 0 atom stereocenters. The zero-order valence-electron chi connectivity index (χ0n) is 14.2. The van der Waals surface area contributed by atoms with Crippen molar-refractivity contribution >= 4 is 6.08 Å². The maximum Gasteiger partial charge on any atom is 0.126 e. The van der Waals surface area contributed by atoms with Crippen molar-refractivity contribution in [1.29, 1.82) is 0 Å². The first-order valence-corrected chi connectivity index (χ1v) is 8.93. The van der Waals surface area contributed by atoms with Crippen molar-refractivity contribution in [2.45, 2.75) is 71.1 Å². The molecule has 0 fully saturated rings. The second-order valence-electron chi connectivity index (χ2n) is 5.73. The van der Waals surface area contributed by atoms with Crippen LogP contribution in [0, 0.1) is 0 Å². The Morgan fingerprint density at radius 2 is 1.50 bits per heavy atom. The predicted octanol–water partition coefficient (Wildman–Crippen LogP) is 7.33. The summed E-state index contributed by atoms with van der Waals surface area (Å²) in [6.07, 6.45) is 27.8. The van der Waals surface area contributed by atoms with E-state index in [2.05, 4.69) is 43.4 Å². The molecule has 0 aromatic carbocycles. The van der Waals surface area contributed by atoms with E-state index in [-0.39, 0.29) is 0 Å². The Hall–Kier alpha value is -1.50. The lowest BCUT2D eigenvalue weighted by molar-refractivity contribution is 0.556. The summed E-state index contributed by atoms with van der Waals surface area (Å²) in [5.74, 6) is 0.950. The quantitative estimate of drug-likeness (QED) is 0.274. The summed E-state index contributed by atoms with van der Waals surface area (Å²) < 4.78 is 5.25. The second-order valence-corrected chi connectivity index (χ2v) is 5.73. The molecule has 0 aliphatic carbocycles. The SMILES string of the molecule is CCCCCC=CCC=CCCCCCC=Cc1ccco1. The van der Waals surface area contributed by atoms with Crippen LogP contribution in [0.3, 0.4) is 0 Å². The Morgan fingerprint density at radius 1 is 0.818 bits per heavy atom. The molecular weight excluding hydrogens is 268 g/mol. The van der Waals surface area contributed by atoms with Crippen molar-refractivity contribution < 1.29 is 4.42 Å². The molecule has 0 bridgehead atoms. The molecule has 0 saturated carbocycles. The van der Waals surface area contributed by atoms with Gasteiger partial charge in [-0.1, -0.05) is 56.6 Å². The summed E-state index contributed by atoms with van der Waals surface area (Å²) in [4.78, 5) is 0. The van der Waals surface area contributed by atoms with Gasteiger partial charge in [0.1, 0.15) is 5.76 Å². The smallest absolute Gasteiger partial charge is 0.126 e. The molecule has 22 heavy (non-hydrogen) atoms. The third kappa shape index (κ3) is 11.2. The number of hydrogen-bond donors (Lipinski definition) is 0. The van der Waals surface area contributed by atoms with Crippen LogP contribution < -0.4 is 0 Å². The van der Waals surface area contributed by atoms with E-state index in [1.807, 2.05) is 12.1 Å². The van der Waals surface area contributed by atoms with Crippen LogP contribution in [-0.2, 0) is 0 Å². The Bertz CT molecular complexity index is 409. The summed E-state index contributed by atoms with van der Waals surface area (Å²) in [6, 6.07) is 3.91. The number of rotatable bonds is 13. The lowest BCUT2D eigenvalue weighted by Gasteiger charge is -1.95. The van der Waals surface area contributed by atoms with Gasteiger partial charge in [-0.25, -0.2) is 0 Å². The largest absolute Gasteiger partial charge is 0.465 e. The van der Waals surface area contributed by atoms with E-state index < -0.39 is 0 Å². The maximum atomic E-state index is 5.25. The molecule has 1 aromatic heterocycles. The van der Waals surface area contributed by atoms with Gasteiger partial charge in [-0.15, -0.1) is 0 Å². The molecule has 0 aliphatic heterocycles. The summed E-state index contributed by atoms with van der Waals surface area (Å²) in [6.45, 7) is 2.25. The van der Waals surface area contributed by atoms with Gasteiger partial charge in [0.15, 0.2) is 0 Å². The average Bonchev–Trinajstić information content (AvgIpc) is 3.04. The number of allylic oxidation sites excluding steroid dienone is 5. The third-order valence-corrected chi connectivity index (χ3v) is 3.65. The van der Waals surface area contributed by atoms with Crippen LogP contribution >= 0.6 is 0 Å². The van der Waals surface area contributed by atoms with Crippen molar-refractivity contribution in [3.05, 3.63) is 54.5 Å². The zero-order valence-corrected chi connectivity index (χ0v) is 14.2. The van der Waals surface area contributed by atoms with Crippen LogP contribution in [0.5, 0.6) is 0 Å². The van der Waals surface area contributed by atoms with Gasteiger partial charge in [0.05, 0.1) is 6.26 Å². The van der Waals surface area contributed by atoms with Gasteiger partial charge in [-0.05, 0) is 63.2 Å². The molecule has 0 N–H and O–H groups in total. The molecule has 0 amide bonds. The van der Waals surface area contributed by atoms with Crippen LogP contribution in [0.2, 0.25) is 0 Å². The third-order valence-electron chi connectivity index (χ3n) is 3.65. The van der Waals surface area contributed by atoms with E-state index >= 15 is 0 Å². The number of unbranched alkanes of at least 4 members (excludes halogenated alkanes) is 7. The first-order chi connectivity index (χ1) is 10.9. The van der Waals surface area contributed by atoms with Gasteiger partial charge in [-0.3, -0.25) is 0 Å². The van der Waals surface area contributed by atoms with Gasteiger partial charge in [-0.2, -0.15) is 0 Å². The number of hydrogen-bond acceptors (Lipinski definition) is 1. The molecule has 1 rings (SSSR count). The van der Waals surface area contributed by atoms with Crippen molar-refractivity contribution in [1.82, 2.24) is 0 Å². The van der Waals surface area contributed by atoms with Gasteiger partial charge < -0.3 is 4.42 Å². The monoisotopic (exact) mass is 300 g/mol. The minimum absolute atomic E-state index is 0.950. The molecule has 0 radical (unpaired) electrons. The van der Waals surface area contributed by atoms with Gasteiger partial charge in [0.2, 0.25) is 0 Å². The average molecular weight is 300 g/mol. The molecular formula is C21H32O. The first-order valence-electron chi connectivity index (χ1n) is 8.93. The minimum atomic E-state index is 0.950. The molecule has 1 heterocycles. The summed E-state index contributed by atoms with van der Waals surface area (Å²) in [5, 5.41) is 0. The van der Waals surface area contributed by atoms with Crippen LogP contribution in [0.15, 0.2) is 53.2 Å². The zero-order chi connectivity index (χ0) is 15.7. The number of furan rings is 1. The van der Waals surface area contributed by atoms with Crippen molar-refractivity contribution in [2.75, 3.05) is 0 Å². The minimum Gasteiger partial charge on any atom is -0.465 e. The summed E-state index contributed by atoms with van der Waals surface area (Å²) >= 11 is 0. The van der Waals surface area contributed by atoms with E-state index in [9.17, 15) is 0 Å². The van der Waals surface area contributed by atoms with Crippen LogP contribution in [0.4, 0.5) is 0 Å². The molecule has 0 saturated heterocycles. The maximum absolute atomic E-state index is 5.25. The van der Waals surface area contributed by atoms with Crippen molar-refractivity contribution in [2.24, 2.45) is 0 Å². The molecule has 0 unspecified atom stereocenters. The predicted molar refractivity (Wildman–Crippen MR) is 97.9 cm³/mol. The van der Waals surface area contributed by atoms with Crippen LogP contribution in [0.1, 0.15) is 76.9 Å². The molecule has 1 nitrogen and oxygen atoms in total. The highest BCUT2D eigenvalue weighted by atomic mass is 16.3. The summed E-state index contributed by atoms with van der Waals surface area (Å²) in [5.41, 5.74) is 0. The lowest BCUT2D eigenvalue weighted by atomic mass is 10.1. The van der Waals surface area contributed by atoms with E-state index in [1.165, 1.54) is 51.4 Å². The normalized spacial score (nSPS) is 12.2. The molecule has 0 spiro atoms.